The van der Waals surface area contributed by atoms with Crippen molar-refractivity contribution in [3.8, 4) is 0 Å². The summed E-state index contributed by atoms with van der Waals surface area (Å²) >= 11 is 1.01. The van der Waals surface area contributed by atoms with Crippen LogP contribution in [0.2, 0.25) is 0 Å². The average Bonchev–Trinajstić information content (AvgIpc) is 3.66. The second-order valence-electron chi connectivity index (χ2n) is 12.9. The number of carbonyl (C=O) groups excluding carboxylic acids is 3. The summed E-state index contributed by atoms with van der Waals surface area (Å²) in [7, 11) is -5.76. The Morgan fingerprint density at radius 2 is 1.80 bits per heavy atom. The van der Waals surface area contributed by atoms with Crippen molar-refractivity contribution in [3.63, 3.8) is 0 Å². The van der Waals surface area contributed by atoms with Crippen LogP contribution in [0.1, 0.15) is 54.4 Å². The maximum absolute atomic E-state index is 14.3. The summed E-state index contributed by atoms with van der Waals surface area (Å²) in [5.74, 6) is -1.12. The van der Waals surface area contributed by atoms with Gasteiger partial charge in [0.05, 0.1) is 17.6 Å². The van der Waals surface area contributed by atoms with E-state index in [2.05, 4.69) is 5.32 Å². The first-order valence-electron chi connectivity index (χ1n) is 15.1. The highest BCUT2D eigenvalue weighted by Gasteiger charge is 2.50. The molecule has 2 saturated heterocycles. The molecule has 0 spiro atoms. The third-order valence-electron chi connectivity index (χ3n) is 8.42. The van der Waals surface area contributed by atoms with Crippen LogP contribution >= 0.6 is 18.9 Å². The van der Waals surface area contributed by atoms with Crippen molar-refractivity contribution < 1.29 is 42.3 Å². The van der Waals surface area contributed by atoms with E-state index < -0.39 is 42.2 Å². The van der Waals surface area contributed by atoms with Crippen LogP contribution in [0, 0.1) is 5.41 Å². The first-order valence-corrected chi connectivity index (χ1v) is 17.5. The molecule has 46 heavy (non-hydrogen) atoms. The van der Waals surface area contributed by atoms with Crippen LogP contribution < -0.4 is 5.32 Å². The Balaban J connectivity index is 1.30. The molecule has 3 atom stereocenters. The standard InChI is InChI=1S/C32H38F2N3O7PS/c1-31(2,3)27(35-28(38)26-18-21-17-22(11-12-25(21)46-26)32(33,34)45(41,42)43)30(40)37-13-7-10-24(37)29(39)36-14-15-44-23(19-36)16-20-8-5-4-6-9-20/h4-6,8-9,11-12,17-18,23-24,27H,7,10,13-16,19H2,1-3H3,(H,35,38)(H2,41,42,43)/t23?,24-,27+/m0/s1. The van der Waals surface area contributed by atoms with Gasteiger partial charge in [0, 0.05) is 36.3 Å². The number of halogens is 2. The van der Waals surface area contributed by atoms with Crippen molar-refractivity contribution in [2.45, 2.75) is 63.9 Å². The van der Waals surface area contributed by atoms with Crippen LogP contribution in [-0.4, -0.2) is 81.7 Å². The maximum Gasteiger partial charge on any atom is 0.399 e. The second-order valence-corrected chi connectivity index (χ2v) is 15.6. The number of rotatable bonds is 8. The number of morpholine rings is 1. The van der Waals surface area contributed by atoms with Gasteiger partial charge in [-0.3, -0.25) is 18.9 Å². The largest absolute Gasteiger partial charge is 0.399 e. The number of benzene rings is 2. The molecule has 0 bridgehead atoms. The molecule has 248 valence electrons. The predicted molar refractivity (Wildman–Crippen MR) is 170 cm³/mol. The Bertz CT molecular complexity index is 1660. The van der Waals surface area contributed by atoms with Crippen molar-refractivity contribution >= 4 is 46.7 Å². The molecule has 3 heterocycles. The summed E-state index contributed by atoms with van der Waals surface area (Å²) < 4.78 is 46.3. The van der Waals surface area contributed by atoms with Crippen LogP contribution in [0.25, 0.3) is 10.1 Å². The molecule has 0 saturated carbocycles. The Kier molecular flexibility index (Phi) is 9.73. The van der Waals surface area contributed by atoms with Crippen molar-refractivity contribution in [1.82, 2.24) is 15.1 Å². The fourth-order valence-corrected chi connectivity index (χ4v) is 7.37. The number of carbonyl (C=O) groups is 3. The molecule has 2 aromatic carbocycles. The average molecular weight is 678 g/mol. The normalized spacial score (nSPS) is 20.2. The topological polar surface area (TPSA) is 136 Å². The van der Waals surface area contributed by atoms with Crippen molar-refractivity contribution in [2.75, 3.05) is 26.2 Å². The molecule has 0 radical (unpaired) electrons. The lowest BCUT2D eigenvalue weighted by atomic mass is 9.85. The number of nitrogens with zero attached hydrogens (tertiary/aromatic N) is 2. The van der Waals surface area contributed by atoms with Crippen molar-refractivity contribution in [3.05, 3.63) is 70.6 Å². The molecule has 0 aliphatic carbocycles. The Labute approximate surface area is 269 Å². The molecule has 14 heteroatoms. The third kappa shape index (κ3) is 7.18. The number of amides is 3. The van der Waals surface area contributed by atoms with E-state index in [4.69, 9.17) is 14.5 Å². The smallest absolute Gasteiger partial charge is 0.374 e. The van der Waals surface area contributed by atoms with Gasteiger partial charge in [0.2, 0.25) is 11.8 Å². The highest BCUT2D eigenvalue weighted by Crippen LogP contribution is 2.59. The molecule has 1 aromatic heterocycles. The lowest BCUT2D eigenvalue weighted by molar-refractivity contribution is -0.150. The molecular formula is C32H38F2N3O7PS. The molecule has 3 amide bonds. The summed E-state index contributed by atoms with van der Waals surface area (Å²) in [6, 6.07) is 12.7. The van der Waals surface area contributed by atoms with Crippen LogP contribution in [-0.2, 0) is 31.0 Å². The van der Waals surface area contributed by atoms with Crippen LogP contribution in [0.4, 0.5) is 8.78 Å². The van der Waals surface area contributed by atoms with Gasteiger partial charge in [0.25, 0.3) is 5.91 Å². The summed E-state index contributed by atoms with van der Waals surface area (Å²) in [6.45, 7) is 7.03. The molecular weight excluding hydrogens is 639 g/mol. The van der Waals surface area contributed by atoms with Gasteiger partial charge in [0.15, 0.2) is 0 Å². The lowest BCUT2D eigenvalue weighted by Gasteiger charge is -2.38. The quantitative estimate of drug-likeness (QED) is 0.293. The zero-order valence-electron chi connectivity index (χ0n) is 25.8. The third-order valence-corrected chi connectivity index (χ3v) is 10.5. The molecule has 1 unspecified atom stereocenters. The van der Waals surface area contributed by atoms with E-state index in [9.17, 15) is 27.7 Å². The first-order chi connectivity index (χ1) is 21.6. The molecule has 10 nitrogen and oxygen atoms in total. The minimum atomic E-state index is -5.76. The predicted octanol–water partition coefficient (Wildman–Crippen LogP) is 4.73. The van der Waals surface area contributed by atoms with Gasteiger partial charge in [-0.15, -0.1) is 11.3 Å². The number of ether oxygens (including phenoxy) is 1. The molecule has 3 N–H and O–H groups in total. The number of alkyl halides is 2. The van der Waals surface area contributed by atoms with Crippen molar-refractivity contribution in [1.29, 1.82) is 0 Å². The number of likely N-dealkylation sites (tertiary alicyclic amines) is 1. The zero-order valence-corrected chi connectivity index (χ0v) is 27.5. The van der Waals surface area contributed by atoms with Crippen LogP contribution in [0.5, 0.6) is 0 Å². The summed E-state index contributed by atoms with van der Waals surface area (Å²) in [5.41, 5.74) is -4.88. The van der Waals surface area contributed by atoms with E-state index in [-0.39, 0.29) is 28.2 Å². The zero-order chi connectivity index (χ0) is 33.4. The number of fused-ring (bicyclic) bond motifs is 1. The van der Waals surface area contributed by atoms with Crippen LogP contribution in [0.15, 0.2) is 54.6 Å². The van der Waals surface area contributed by atoms with E-state index in [1.54, 1.807) is 30.6 Å². The summed E-state index contributed by atoms with van der Waals surface area (Å²) in [4.78, 5) is 62.9. The SMILES string of the molecule is CC(C)(C)[C@H](NC(=O)c1cc2cc(C(F)(F)P(=O)(O)O)ccc2s1)C(=O)N1CCC[C@H]1C(=O)N1CCOC(Cc2ccccc2)C1. The number of thiophene rings is 1. The fourth-order valence-electron chi connectivity index (χ4n) is 5.95. The lowest BCUT2D eigenvalue weighted by Crippen LogP contribution is -2.59. The number of nitrogens with one attached hydrogen (secondary N) is 1. The number of hydrogen-bond donors (Lipinski definition) is 3. The van der Waals surface area contributed by atoms with Gasteiger partial charge in [0.1, 0.15) is 12.1 Å². The Morgan fingerprint density at radius 3 is 2.48 bits per heavy atom. The Hall–Kier alpha value is -3.22. The van der Waals surface area contributed by atoms with Gasteiger partial charge in [-0.05, 0) is 47.4 Å². The van der Waals surface area contributed by atoms with E-state index in [0.29, 0.717) is 50.2 Å². The Morgan fingerprint density at radius 1 is 1.09 bits per heavy atom. The molecule has 3 aromatic rings. The highest BCUT2D eigenvalue weighted by atomic mass is 32.1. The molecule has 2 aliphatic heterocycles. The highest BCUT2D eigenvalue weighted by molar-refractivity contribution is 7.52. The first kappa shape index (κ1) is 34.1. The number of hydrogen-bond acceptors (Lipinski definition) is 6. The van der Waals surface area contributed by atoms with Gasteiger partial charge in [-0.25, -0.2) is 0 Å². The van der Waals surface area contributed by atoms with Gasteiger partial charge in [-0.1, -0.05) is 57.2 Å². The fraction of sp³-hybridized carbons (Fsp3) is 0.469. The van der Waals surface area contributed by atoms with E-state index in [1.807, 2.05) is 30.3 Å². The van der Waals surface area contributed by atoms with Gasteiger partial charge >= 0.3 is 13.3 Å². The van der Waals surface area contributed by atoms with E-state index >= 15 is 0 Å². The maximum atomic E-state index is 14.3. The monoisotopic (exact) mass is 677 g/mol. The minimum absolute atomic E-state index is 0.139. The summed E-state index contributed by atoms with van der Waals surface area (Å²) in [6.07, 6.45) is 1.66. The van der Waals surface area contributed by atoms with E-state index in [0.717, 1.165) is 29.0 Å². The van der Waals surface area contributed by atoms with Crippen molar-refractivity contribution in [2.24, 2.45) is 5.41 Å². The van der Waals surface area contributed by atoms with E-state index in [1.165, 1.54) is 12.1 Å². The molecule has 5 rings (SSSR count). The second kappa shape index (κ2) is 13.1. The van der Waals surface area contributed by atoms with Gasteiger partial charge in [-0.2, -0.15) is 8.78 Å². The summed E-state index contributed by atoms with van der Waals surface area (Å²) in [5, 5.41) is 3.03. The molecule has 2 fully saturated rings. The molecule has 2 aliphatic rings. The minimum Gasteiger partial charge on any atom is -0.374 e. The van der Waals surface area contributed by atoms with Crippen LogP contribution in [0.3, 0.4) is 0 Å². The van der Waals surface area contributed by atoms with Gasteiger partial charge < -0.3 is 29.6 Å².